The van der Waals surface area contributed by atoms with Crippen LogP contribution < -0.4 is 15.5 Å². The predicted octanol–water partition coefficient (Wildman–Crippen LogP) is 1.19. The van der Waals surface area contributed by atoms with E-state index >= 15 is 0 Å². The summed E-state index contributed by atoms with van der Waals surface area (Å²) in [5, 5.41) is 5.98. The quantitative estimate of drug-likeness (QED) is 0.846. The number of hydrogen-bond acceptors (Lipinski definition) is 5. The second kappa shape index (κ2) is 6.54. The topological polar surface area (TPSA) is 70.2 Å². The van der Waals surface area contributed by atoms with Crippen molar-refractivity contribution in [1.82, 2.24) is 15.3 Å². The van der Waals surface area contributed by atoms with Gasteiger partial charge in [0, 0.05) is 32.6 Å². The van der Waals surface area contributed by atoms with Crippen LogP contribution in [0.15, 0.2) is 6.07 Å². The number of carbonyl (C=O) groups excluding carboxylic acids is 1. The van der Waals surface area contributed by atoms with Crippen molar-refractivity contribution in [3.8, 4) is 0 Å². The lowest BCUT2D eigenvalue weighted by Gasteiger charge is -2.35. The van der Waals surface area contributed by atoms with E-state index in [4.69, 9.17) is 0 Å². The van der Waals surface area contributed by atoms with Crippen molar-refractivity contribution in [3.05, 3.63) is 11.9 Å². The SMILES string of the molecule is CCCc1nc(NC)cc(N2CCNC(=O)C2CC)n1. The van der Waals surface area contributed by atoms with Crippen LogP contribution in [0.2, 0.25) is 0 Å². The summed E-state index contributed by atoms with van der Waals surface area (Å²) in [6, 6.07) is 1.78. The summed E-state index contributed by atoms with van der Waals surface area (Å²) < 4.78 is 0. The van der Waals surface area contributed by atoms with Crippen molar-refractivity contribution >= 4 is 17.5 Å². The maximum Gasteiger partial charge on any atom is 0.242 e. The lowest BCUT2D eigenvalue weighted by Crippen LogP contribution is -2.55. The first-order chi connectivity index (χ1) is 9.69. The summed E-state index contributed by atoms with van der Waals surface area (Å²) in [5.74, 6) is 2.56. The van der Waals surface area contributed by atoms with Gasteiger partial charge in [-0.25, -0.2) is 9.97 Å². The minimum absolute atomic E-state index is 0.0837. The molecule has 1 amide bonds. The summed E-state index contributed by atoms with van der Waals surface area (Å²) in [4.78, 5) is 23.1. The Balaban J connectivity index is 2.34. The molecular formula is C14H23N5O. The fraction of sp³-hybridized carbons (Fsp3) is 0.643. The molecule has 1 aliphatic rings. The van der Waals surface area contributed by atoms with Crippen LogP contribution in [-0.4, -0.2) is 42.1 Å². The minimum Gasteiger partial charge on any atom is -0.373 e. The molecule has 0 saturated carbocycles. The molecule has 2 heterocycles. The van der Waals surface area contributed by atoms with Gasteiger partial charge < -0.3 is 15.5 Å². The molecule has 6 nitrogen and oxygen atoms in total. The van der Waals surface area contributed by atoms with Gasteiger partial charge >= 0.3 is 0 Å². The molecule has 0 aromatic carbocycles. The van der Waals surface area contributed by atoms with E-state index in [0.717, 1.165) is 43.3 Å². The number of nitrogens with one attached hydrogen (secondary N) is 2. The zero-order chi connectivity index (χ0) is 14.5. The van der Waals surface area contributed by atoms with Gasteiger partial charge in [-0.1, -0.05) is 13.8 Å². The number of anilines is 2. The Kier molecular flexibility index (Phi) is 4.76. The van der Waals surface area contributed by atoms with Crippen LogP contribution in [0, 0.1) is 0 Å². The standard InChI is InChI=1S/C14H23N5O/c1-4-6-11-17-12(15-3)9-13(18-11)19-8-7-16-14(20)10(19)5-2/h9-10H,4-8H2,1-3H3,(H,16,20)(H,15,17,18). The number of piperazine rings is 1. The van der Waals surface area contributed by atoms with Crippen molar-refractivity contribution in [2.24, 2.45) is 0 Å². The zero-order valence-corrected chi connectivity index (χ0v) is 12.4. The molecular weight excluding hydrogens is 254 g/mol. The monoisotopic (exact) mass is 277 g/mol. The molecule has 2 N–H and O–H groups in total. The fourth-order valence-corrected chi connectivity index (χ4v) is 2.49. The molecule has 2 rings (SSSR count). The van der Waals surface area contributed by atoms with E-state index in [9.17, 15) is 4.79 Å². The van der Waals surface area contributed by atoms with E-state index in [-0.39, 0.29) is 11.9 Å². The van der Waals surface area contributed by atoms with Crippen LogP contribution in [0.25, 0.3) is 0 Å². The van der Waals surface area contributed by atoms with Crippen molar-refractivity contribution < 1.29 is 4.79 Å². The van der Waals surface area contributed by atoms with Gasteiger partial charge in [-0.2, -0.15) is 0 Å². The highest BCUT2D eigenvalue weighted by Crippen LogP contribution is 2.21. The first-order valence-corrected chi connectivity index (χ1v) is 7.29. The number of amides is 1. The molecule has 1 aliphatic heterocycles. The molecule has 0 radical (unpaired) electrons. The molecule has 0 spiro atoms. The summed E-state index contributed by atoms with van der Waals surface area (Å²) >= 11 is 0. The number of rotatable bonds is 5. The Morgan fingerprint density at radius 3 is 2.90 bits per heavy atom. The molecule has 1 saturated heterocycles. The van der Waals surface area contributed by atoms with Gasteiger partial charge in [0.15, 0.2) is 0 Å². The molecule has 1 fully saturated rings. The number of carbonyl (C=O) groups is 1. The second-order valence-corrected chi connectivity index (χ2v) is 4.94. The summed E-state index contributed by atoms with van der Waals surface area (Å²) in [5.41, 5.74) is 0. The molecule has 1 unspecified atom stereocenters. The maximum absolute atomic E-state index is 12.0. The Bertz CT molecular complexity index is 477. The normalized spacial score (nSPS) is 18.9. The van der Waals surface area contributed by atoms with Crippen molar-refractivity contribution in [2.75, 3.05) is 30.4 Å². The lowest BCUT2D eigenvalue weighted by atomic mass is 10.1. The second-order valence-electron chi connectivity index (χ2n) is 4.94. The van der Waals surface area contributed by atoms with Crippen molar-refractivity contribution in [1.29, 1.82) is 0 Å². The average Bonchev–Trinajstić information content (AvgIpc) is 2.47. The first-order valence-electron chi connectivity index (χ1n) is 7.29. The summed E-state index contributed by atoms with van der Waals surface area (Å²) in [6.07, 6.45) is 2.62. The molecule has 1 atom stereocenters. The molecule has 20 heavy (non-hydrogen) atoms. The predicted molar refractivity (Wildman–Crippen MR) is 80.0 cm³/mol. The third-order valence-electron chi connectivity index (χ3n) is 3.50. The smallest absolute Gasteiger partial charge is 0.242 e. The summed E-state index contributed by atoms with van der Waals surface area (Å²) in [7, 11) is 1.85. The van der Waals surface area contributed by atoms with Gasteiger partial charge in [0.25, 0.3) is 0 Å². The van der Waals surface area contributed by atoms with Gasteiger partial charge in [-0.3, -0.25) is 4.79 Å². The van der Waals surface area contributed by atoms with Crippen LogP contribution in [0.4, 0.5) is 11.6 Å². The van der Waals surface area contributed by atoms with Gasteiger partial charge in [0.2, 0.25) is 5.91 Å². The largest absolute Gasteiger partial charge is 0.373 e. The highest BCUT2D eigenvalue weighted by Gasteiger charge is 2.29. The Labute approximate surface area is 120 Å². The van der Waals surface area contributed by atoms with Crippen molar-refractivity contribution in [2.45, 2.75) is 39.2 Å². The van der Waals surface area contributed by atoms with E-state index in [1.807, 2.05) is 20.0 Å². The zero-order valence-electron chi connectivity index (χ0n) is 12.4. The average molecular weight is 277 g/mol. The first kappa shape index (κ1) is 14.6. The number of nitrogens with zero attached hydrogens (tertiary/aromatic N) is 3. The Morgan fingerprint density at radius 2 is 2.25 bits per heavy atom. The highest BCUT2D eigenvalue weighted by molar-refractivity contribution is 5.86. The van der Waals surface area contributed by atoms with Gasteiger partial charge in [-0.05, 0) is 12.8 Å². The fourth-order valence-electron chi connectivity index (χ4n) is 2.49. The number of aromatic nitrogens is 2. The third-order valence-corrected chi connectivity index (χ3v) is 3.50. The minimum atomic E-state index is -0.141. The Hall–Kier alpha value is -1.85. The number of hydrogen-bond donors (Lipinski definition) is 2. The van der Waals surface area contributed by atoms with Gasteiger partial charge in [0.1, 0.15) is 23.5 Å². The Morgan fingerprint density at radius 1 is 1.45 bits per heavy atom. The van der Waals surface area contributed by atoms with Gasteiger partial charge in [0.05, 0.1) is 0 Å². The van der Waals surface area contributed by atoms with E-state index in [2.05, 4.69) is 32.4 Å². The molecule has 1 aromatic rings. The highest BCUT2D eigenvalue weighted by atomic mass is 16.2. The van der Waals surface area contributed by atoms with Crippen LogP contribution in [0.1, 0.15) is 32.5 Å². The van der Waals surface area contributed by atoms with Gasteiger partial charge in [-0.15, -0.1) is 0 Å². The summed E-state index contributed by atoms with van der Waals surface area (Å²) in [6.45, 7) is 5.58. The molecule has 0 bridgehead atoms. The van der Waals surface area contributed by atoms with E-state index in [1.165, 1.54) is 0 Å². The third kappa shape index (κ3) is 3.00. The molecule has 110 valence electrons. The van der Waals surface area contributed by atoms with Crippen LogP contribution in [-0.2, 0) is 11.2 Å². The van der Waals surface area contributed by atoms with E-state index in [1.54, 1.807) is 0 Å². The maximum atomic E-state index is 12.0. The van der Waals surface area contributed by atoms with Crippen molar-refractivity contribution in [3.63, 3.8) is 0 Å². The molecule has 0 aliphatic carbocycles. The van der Waals surface area contributed by atoms with Crippen LogP contribution in [0.3, 0.4) is 0 Å². The van der Waals surface area contributed by atoms with E-state index < -0.39 is 0 Å². The molecule has 6 heteroatoms. The molecule has 1 aromatic heterocycles. The van der Waals surface area contributed by atoms with E-state index in [0.29, 0.717) is 6.54 Å². The van der Waals surface area contributed by atoms with Crippen LogP contribution >= 0.6 is 0 Å². The number of aryl methyl sites for hydroxylation is 1. The lowest BCUT2D eigenvalue weighted by molar-refractivity contribution is -0.123. The van der Waals surface area contributed by atoms with Crippen LogP contribution in [0.5, 0.6) is 0 Å².